The number of likely N-dealkylation sites (N-methyl/N-ethyl adjacent to an activating group) is 1. The Labute approximate surface area is 110 Å². The summed E-state index contributed by atoms with van der Waals surface area (Å²) in [5.74, 6) is -3.16. The van der Waals surface area contributed by atoms with E-state index in [1.54, 1.807) is 0 Å². The van der Waals surface area contributed by atoms with Crippen LogP contribution in [0.2, 0.25) is 0 Å². The molecule has 0 aliphatic rings. The van der Waals surface area contributed by atoms with Crippen LogP contribution in [0.4, 0.5) is 0 Å². The highest BCUT2D eigenvalue weighted by atomic mass is 16.4. The second kappa shape index (κ2) is 8.33. The summed E-state index contributed by atoms with van der Waals surface area (Å²) in [6, 6.07) is -2.04. The predicted octanol–water partition coefficient (Wildman–Crippen LogP) is -1.36. The van der Waals surface area contributed by atoms with Crippen molar-refractivity contribution in [2.75, 3.05) is 13.6 Å². The Balaban J connectivity index is 4.41. The van der Waals surface area contributed by atoms with Crippen LogP contribution in [0.25, 0.3) is 0 Å². The Bertz CT molecular complexity index is 368. The van der Waals surface area contributed by atoms with E-state index in [0.29, 0.717) is 0 Å². The van der Waals surface area contributed by atoms with Crippen molar-refractivity contribution < 1.29 is 29.4 Å². The number of ketones is 2. The molecule has 0 saturated heterocycles. The number of carbonyl (C=O) groups excluding carboxylic acids is 2. The quantitative estimate of drug-likeness (QED) is 0.384. The van der Waals surface area contributed by atoms with Gasteiger partial charge in [0.15, 0.2) is 5.78 Å². The van der Waals surface area contributed by atoms with Crippen LogP contribution in [0.5, 0.6) is 0 Å². The lowest BCUT2D eigenvalue weighted by atomic mass is 10.1. The molecule has 2 unspecified atom stereocenters. The van der Waals surface area contributed by atoms with Gasteiger partial charge in [0, 0.05) is 6.42 Å². The Hall–Kier alpha value is -1.80. The van der Waals surface area contributed by atoms with Crippen molar-refractivity contribution in [1.82, 2.24) is 10.6 Å². The van der Waals surface area contributed by atoms with Gasteiger partial charge in [0.05, 0.1) is 19.0 Å². The second-order valence-electron chi connectivity index (χ2n) is 4.08. The molecule has 0 fully saturated rings. The number of hydrogen-bond acceptors (Lipinski definition) is 6. The first-order valence-corrected chi connectivity index (χ1v) is 5.65. The molecule has 8 nitrogen and oxygen atoms in total. The molecule has 0 rings (SSSR count). The van der Waals surface area contributed by atoms with Crippen LogP contribution in [0.15, 0.2) is 0 Å². The van der Waals surface area contributed by atoms with Crippen molar-refractivity contribution in [2.45, 2.75) is 31.8 Å². The summed E-state index contributed by atoms with van der Waals surface area (Å²) in [5, 5.41) is 22.4. The first-order valence-electron chi connectivity index (χ1n) is 5.65. The molecule has 108 valence electrons. The number of carboxylic acids is 2. The molecule has 0 aromatic rings. The molecule has 0 bridgehead atoms. The number of Topliss-reactive ketones (excluding diaryl/α,β-unsaturated/α-hetero) is 2. The molecule has 0 aromatic heterocycles. The Kier molecular flexibility index (Phi) is 7.54. The average molecular weight is 274 g/mol. The molecular formula is C11H18N2O6. The van der Waals surface area contributed by atoms with E-state index in [2.05, 4.69) is 10.6 Å². The topological polar surface area (TPSA) is 133 Å². The lowest BCUT2D eigenvalue weighted by Crippen LogP contribution is -2.46. The van der Waals surface area contributed by atoms with E-state index in [-0.39, 0.29) is 25.2 Å². The van der Waals surface area contributed by atoms with E-state index in [1.165, 1.54) is 14.0 Å². The zero-order chi connectivity index (χ0) is 15.0. The fourth-order valence-corrected chi connectivity index (χ4v) is 1.43. The van der Waals surface area contributed by atoms with Crippen LogP contribution in [0.3, 0.4) is 0 Å². The maximum absolute atomic E-state index is 11.7. The maximum atomic E-state index is 11.7. The van der Waals surface area contributed by atoms with Crippen molar-refractivity contribution in [3.05, 3.63) is 0 Å². The van der Waals surface area contributed by atoms with Gasteiger partial charge >= 0.3 is 11.9 Å². The predicted molar refractivity (Wildman–Crippen MR) is 64.8 cm³/mol. The van der Waals surface area contributed by atoms with E-state index in [9.17, 15) is 19.2 Å². The molecular weight excluding hydrogens is 256 g/mol. The average Bonchev–Trinajstić information content (AvgIpc) is 2.29. The van der Waals surface area contributed by atoms with Crippen molar-refractivity contribution in [1.29, 1.82) is 0 Å². The highest BCUT2D eigenvalue weighted by Gasteiger charge is 2.23. The standard InChI is InChI=1S/C11H18N2O6/c1-6(14)3-8(11(18)19)13-5-9(15)7(12-2)4-10(16)17/h7-8,12-13H,3-5H2,1-2H3,(H,16,17)(H,18,19). The monoisotopic (exact) mass is 274 g/mol. The molecule has 0 aromatic carbocycles. The van der Waals surface area contributed by atoms with Gasteiger partial charge in [-0.2, -0.15) is 0 Å². The fraction of sp³-hybridized carbons (Fsp3) is 0.636. The molecule has 0 heterocycles. The maximum Gasteiger partial charge on any atom is 0.321 e. The molecule has 2 atom stereocenters. The summed E-state index contributed by atoms with van der Waals surface area (Å²) >= 11 is 0. The largest absolute Gasteiger partial charge is 0.481 e. The van der Waals surface area contributed by atoms with Gasteiger partial charge in [-0.3, -0.25) is 24.5 Å². The highest BCUT2D eigenvalue weighted by Crippen LogP contribution is 1.97. The molecule has 0 radical (unpaired) electrons. The van der Waals surface area contributed by atoms with Gasteiger partial charge in [0.25, 0.3) is 0 Å². The number of hydrogen-bond donors (Lipinski definition) is 4. The number of carboxylic acid groups (broad SMARTS) is 2. The normalized spacial score (nSPS) is 13.6. The summed E-state index contributed by atoms with van der Waals surface area (Å²) < 4.78 is 0. The van der Waals surface area contributed by atoms with Crippen molar-refractivity contribution in [2.24, 2.45) is 0 Å². The van der Waals surface area contributed by atoms with Crippen molar-refractivity contribution >= 4 is 23.5 Å². The molecule has 0 aliphatic carbocycles. The Morgan fingerprint density at radius 1 is 1.05 bits per heavy atom. The minimum absolute atomic E-state index is 0.230. The van der Waals surface area contributed by atoms with Gasteiger partial charge in [-0.05, 0) is 14.0 Å². The zero-order valence-electron chi connectivity index (χ0n) is 10.8. The van der Waals surface area contributed by atoms with Gasteiger partial charge in [0.1, 0.15) is 11.8 Å². The first-order chi connectivity index (χ1) is 8.77. The van der Waals surface area contributed by atoms with Gasteiger partial charge in [-0.1, -0.05) is 0 Å². The van der Waals surface area contributed by atoms with Crippen LogP contribution in [-0.4, -0.2) is 59.4 Å². The minimum Gasteiger partial charge on any atom is -0.481 e. The molecule has 0 saturated carbocycles. The third-order valence-corrected chi connectivity index (χ3v) is 2.43. The Morgan fingerprint density at radius 2 is 1.63 bits per heavy atom. The van der Waals surface area contributed by atoms with E-state index in [0.717, 1.165) is 0 Å². The molecule has 0 spiro atoms. The van der Waals surface area contributed by atoms with Crippen LogP contribution in [-0.2, 0) is 19.2 Å². The van der Waals surface area contributed by atoms with Crippen LogP contribution >= 0.6 is 0 Å². The summed E-state index contributed by atoms with van der Waals surface area (Å²) in [5.41, 5.74) is 0. The van der Waals surface area contributed by atoms with Crippen LogP contribution in [0.1, 0.15) is 19.8 Å². The fourth-order valence-electron chi connectivity index (χ4n) is 1.43. The summed E-state index contributed by atoms with van der Waals surface area (Å²) in [4.78, 5) is 43.9. The summed E-state index contributed by atoms with van der Waals surface area (Å²) in [6.07, 6.45) is -0.618. The third-order valence-electron chi connectivity index (χ3n) is 2.43. The minimum atomic E-state index is -1.23. The number of carbonyl (C=O) groups is 4. The SMILES string of the molecule is CNC(CC(=O)O)C(=O)CNC(CC(C)=O)C(=O)O. The van der Waals surface area contributed by atoms with Gasteiger partial charge < -0.3 is 15.5 Å². The Morgan fingerprint density at radius 3 is 2.00 bits per heavy atom. The van der Waals surface area contributed by atoms with E-state index in [4.69, 9.17) is 10.2 Å². The van der Waals surface area contributed by atoms with E-state index < -0.39 is 29.8 Å². The summed E-state index contributed by atoms with van der Waals surface area (Å²) in [7, 11) is 1.44. The third kappa shape index (κ3) is 7.27. The summed E-state index contributed by atoms with van der Waals surface area (Å²) in [6.45, 7) is 0.934. The van der Waals surface area contributed by atoms with Gasteiger partial charge in [-0.15, -0.1) is 0 Å². The van der Waals surface area contributed by atoms with E-state index in [1.807, 2.05) is 0 Å². The lowest BCUT2D eigenvalue weighted by molar-refractivity contribution is -0.142. The van der Waals surface area contributed by atoms with Gasteiger partial charge in [-0.25, -0.2) is 0 Å². The molecule has 0 aliphatic heterocycles. The smallest absolute Gasteiger partial charge is 0.321 e. The number of nitrogens with one attached hydrogen (secondary N) is 2. The number of aliphatic carboxylic acids is 2. The molecule has 8 heteroatoms. The number of rotatable bonds is 10. The van der Waals surface area contributed by atoms with Crippen molar-refractivity contribution in [3.8, 4) is 0 Å². The first kappa shape index (κ1) is 17.2. The van der Waals surface area contributed by atoms with Gasteiger partial charge in [0.2, 0.25) is 0 Å². The molecule has 0 amide bonds. The van der Waals surface area contributed by atoms with Crippen LogP contribution < -0.4 is 10.6 Å². The van der Waals surface area contributed by atoms with Crippen LogP contribution in [0, 0.1) is 0 Å². The molecule has 4 N–H and O–H groups in total. The van der Waals surface area contributed by atoms with Crippen molar-refractivity contribution in [3.63, 3.8) is 0 Å². The second-order valence-corrected chi connectivity index (χ2v) is 4.08. The lowest BCUT2D eigenvalue weighted by Gasteiger charge is -2.16. The molecule has 19 heavy (non-hydrogen) atoms. The zero-order valence-corrected chi connectivity index (χ0v) is 10.8. The highest BCUT2D eigenvalue weighted by molar-refractivity contribution is 5.90. The van der Waals surface area contributed by atoms with E-state index >= 15 is 0 Å².